The number of rotatable bonds is 8. The quantitative estimate of drug-likeness (QED) is 0.415. The van der Waals surface area contributed by atoms with Gasteiger partial charge in [0.1, 0.15) is 23.9 Å². The van der Waals surface area contributed by atoms with Crippen LogP contribution in [-0.4, -0.2) is 38.7 Å². The normalized spacial score (nSPS) is 14.5. The van der Waals surface area contributed by atoms with Gasteiger partial charge in [-0.05, 0) is 65.6 Å². The molecule has 7 heteroatoms. The van der Waals surface area contributed by atoms with Gasteiger partial charge in [-0.1, -0.05) is 38.1 Å². The topological polar surface area (TPSA) is 107 Å². The molecule has 2 heterocycles. The Labute approximate surface area is 216 Å². The molecule has 0 aliphatic heterocycles. The van der Waals surface area contributed by atoms with Crippen LogP contribution in [0, 0.1) is 17.1 Å². The Balaban J connectivity index is 1.95. The lowest BCUT2D eigenvalue weighted by Crippen LogP contribution is -2.16. The van der Waals surface area contributed by atoms with Crippen molar-refractivity contribution in [1.29, 1.82) is 5.26 Å². The second kappa shape index (κ2) is 11.5. The summed E-state index contributed by atoms with van der Waals surface area (Å²) in [5.74, 6) is -0.303. The molecule has 4 rings (SSSR count). The summed E-state index contributed by atoms with van der Waals surface area (Å²) in [7, 11) is 0. The minimum Gasteiger partial charge on any atom is -0.393 e. The Kier molecular flexibility index (Phi) is 8.22. The molecule has 2 aromatic heterocycles. The number of nitriles is 1. The van der Waals surface area contributed by atoms with Crippen molar-refractivity contribution in [2.24, 2.45) is 0 Å². The monoisotopic (exact) mass is 499 g/mol. The zero-order valence-corrected chi connectivity index (χ0v) is 21.0. The van der Waals surface area contributed by atoms with Crippen LogP contribution < -0.4 is 0 Å². The number of fused-ring (bicyclic) bond motifs is 3. The summed E-state index contributed by atoms with van der Waals surface area (Å²) < 4.78 is 13.9. The molecule has 0 fully saturated rings. The highest BCUT2D eigenvalue weighted by Gasteiger charge is 2.26. The molecule has 0 saturated carbocycles. The van der Waals surface area contributed by atoms with Crippen LogP contribution in [0.15, 0.2) is 42.6 Å². The molecule has 0 unspecified atom stereocenters. The van der Waals surface area contributed by atoms with E-state index in [9.17, 15) is 24.7 Å². The van der Waals surface area contributed by atoms with Gasteiger partial charge in [-0.2, -0.15) is 5.26 Å². The third kappa shape index (κ3) is 5.82. The largest absolute Gasteiger partial charge is 0.393 e. The van der Waals surface area contributed by atoms with E-state index in [0.717, 1.165) is 64.0 Å². The summed E-state index contributed by atoms with van der Waals surface area (Å²) in [6, 6.07) is 10.3. The highest BCUT2D eigenvalue weighted by Crippen LogP contribution is 2.42. The number of hydrogen-bond donors (Lipinski definition) is 2. The Morgan fingerprint density at radius 3 is 2.62 bits per heavy atom. The Morgan fingerprint density at radius 2 is 1.95 bits per heavy atom. The van der Waals surface area contributed by atoms with Crippen molar-refractivity contribution in [3.05, 3.63) is 76.5 Å². The predicted octanol–water partition coefficient (Wildman–Crippen LogP) is 5.15. The number of halogens is 1. The first-order valence-electron chi connectivity index (χ1n) is 12.5. The van der Waals surface area contributed by atoms with Crippen molar-refractivity contribution in [2.75, 3.05) is 0 Å². The van der Waals surface area contributed by atoms with E-state index in [-0.39, 0.29) is 24.6 Å². The van der Waals surface area contributed by atoms with E-state index in [2.05, 4.69) is 11.1 Å². The number of aliphatic hydroxyl groups excluding tert-OH is 2. The number of aldehydes is 1. The summed E-state index contributed by atoms with van der Waals surface area (Å²) in [6.07, 6.45) is 6.26. The van der Waals surface area contributed by atoms with Gasteiger partial charge in [0.05, 0.1) is 23.6 Å². The van der Waals surface area contributed by atoms with Gasteiger partial charge in [0.15, 0.2) is 0 Å². The lowest BCUT2D eigenvalue weighted by atomic mass is 9.86. The number of nitrogens with zero attached hydrogens (tertiary/aromatic N) is 3. The fraction of sp³-hybridized carbons (Fsp3) is 0.333. The van der Waals surface area contributed by atoms with Gasteiger partial charge in [-0.15, -0.1) is 0 Å². The molecular formula is C30H30FN3O3. The molecule has 6 nitrogen and oxygen atoms in total. The third-order valence-electron chi connectivity index (χ3n) is 6.64. The van der Waals surface area contributed by atoms with Gasteiger partial charge in [0.25, 0.3) is 0 Å². The summed E-state index contributed by atoms with van der Waals surface area (Å²) in [6.45, 7) is 4.08. The predicted molar refractivity (Wildman–Crippen MR) is 140 cm³/mol. The number of aryl methyl sites for hydroxylation is 1. The van der Waals surface area contributed by atoms with Crippen LogP contribution in [0.3, 0.4) is 0 Å². The molecule has 37 heavy (non-hydrogen) atoms. The Hall–Kier alpha value is -3.73. The molecule has 0 radical (unpaired) electrons. The van der Waals surface area contributed by atoms with E-state index in [1.807, 2.05) is 26.0 Å². The van der Waals surface area contributed by atoms with Crippen LogP contribution in [0.4, 0.5) is 4.39 Å². The van der Waals surface area contributed by atoms with Gasteiger partial charge in [-0.3, -0.25) is 4.98 Å². The number of hydrogen-bond acceptors (Lipinski definition) is 6. The van der Waals surface area contributed by atoms with E-state index in [1.165, 1.54) is 12.1 Å². The number of carbonyl (C=O) groups excluding carboxylic acids is 1. The molecule has 190 valence electrons. The van der Waals surface area contributed by atoms with Crippen molar-refractivity contribution in [3.63, 3.8) is 0 Å². The number of benzene rings is 1. The van der Waals surface area contributed by atoms with Crippen LogP contribution >= 0.6 is 0 Å². The molecule has 3 aromatic rings. The maximum absolute atomic E-state index is 13.9. The molecule has 2 atom stereocenters. The third-order valence-corrected chi connectivity index (χ3v) is 6.64. The summed E-state index contributed by atoms with van der Waals surface area (Å²) in [5.41, 5.74) is 7.51. The van der Waals surface area contributed by atoms with E-state index in [4.69, 9.17) is 4.98 Å². The molecule has 0 saturated heterocycles. The molecule has 0 amide bonds. The highest BCUT2D eigenvalue weighted by molar-refractivity contribution is 5.85. The van der Waals surface area contributed by atoms with Crippen molar-refractivity contribution in [1.82, 2.24) is 9.97 Å². The summed E-state index contributed by atoms with van der Waals surface area (Å²) >= 11 is 0. The second-order valence-corrected chi connectivity index (χ2v) is 9.68. The second-order valence-electron chi connectivity index (χ2n) is 9.68. The lowest BCUT2D eigenvalue weighted by Gasteiger charge is -2.22. The van der Waals surface area contributed by atoms with Crippen LogP contribution in [-0.2, 0) is 17.6 Å². The fourth-order valence-electron chi connectivity index (χ4n) is 4.88. The molecular weight excluding hydrogens is 469 g/mol. The minimum atomic E-state index is -0.954. The van der Waals surface area contributed by atoms with E-state index >= 15 is 0 Å². The highest BCUT2D eigenvalue weighted by atomic mass is 19.1. The fourth-order valence-corrected chi connectivity index (χ4v) is 4.88. The van der Waals surface area contributed by atoms with Gasteiger partial charge < -0.3 is 15.0 Å². The summed E-state index contributed by atoms with van der Waals surface area (Å²) in [5, 5.41) is 29.8. The number of carbonyl (C=O) groups is 1. The van der Waals surface area contributed by atoms with Crippen molar-refractivity contribution in [2.45, 2.75) is 64.1 Å². The average Bonchev–Trinajstić information content (AvgIpc) is 3.05. The van der Waals surface area contributed by atoms with Crippen LogP contribution in [0.25, 0.3) is 28.5 Å². The maximum atomic E-state index is 13.9. The van der Waals surface area contributed by atoms with Crippen LogP contribution in [0.5, 0.6) is 0 Å². The molecule has 1 aromatic carbocycles. The van der Waals surface area contributed by atoms with E-state index < -0.39 is 12.2 Å². The molecule has 0 bridgehead atoms. The lowest BCUT2D eigenvalue weighted by molar-refractivity contribution is -0.109. The zero-order chi connectivity index (χ0) is 26.5. The van der Waals surface area contributed by atoms with E-state index in [1.54, 1.807) is 24.4 Å². The standard InChI is InChI=1S/C30H30FN3O3/c1-18(2)29-26(11-10-23(36)15-24(37)12-13-35)28(19-6-8-21(31)9-7-19)25-5-3-4-20-14-22(16-32)33-17-27(20)30(25)34-29/h6-11,13-14,17-18,23-24,36-37H,3-5,12,15H2,1-2H3/b11-10+/t23-,24+/m1/s1. The summed E-state index contributed by atoms with van der Waals surface area (Å²) in [4.78, 5) is 20.1. The first kappa shape index (κ1) is 26.3. The van der Waals surface area contributed by atoms with Gasteiger partial charge in [-0.25, -0.2) is 9.37 Å². The Bertz CT molecular complexity index is 1360. The minimum absolute atomic E-state index is 0.0278. The van der Waals surface area contributed by atoms with Crippen LogP contribution in [0.2, 0.25) is 0 Å². The van der Waals surface area contributed by atoms with Crippen molar-refractivity contribution in [3.8, 4) is 28.5 Å². The number of aromatic nitrogens is 2. The smallest absolute Gasteiger partial charge is 0.140 e. The molecule has 1 aliphatic rings. The molecule has 1 aliphatic carbocycles. The maximum Gasteiger partial charge on any atom is 0.140 e. The average molecular weight is 500 g/mol. The number of pyridine rings is 2. The SMILES string of the molecule is CC(C)c1nc2c(c(-c3ccc(F)cc3)c1/C=C/[C@@H](O)C[C@@H](O)CC=O)CCCc1cc(C#N)ncc1-2. The molecule has 0 spiro atoms. The van der Waals surface area contributed by atoms with Gasteiger partial charge in [0, 0.05) is 30.2 Å². The Morgan fingerprint density at radius 1 is 1.19 bits per heavy atom. The van der Waals surface area contributed by atoms with Crippen molar-refractivity contribution >= 4 is 12.4 Å². The van der Waals surface area contributed by atoms with Gasteiger partial charge in [0.2, 0.25) is 0 Å². The van der Waals surface area contributed by atoms with E-state index in [0.29, 0.717) is 12.0 Å². The van der Waals surface area contributed by atoms with Crippen molar-refractivity contribution < 1.29 is 19.4 Å². The number of aliphatic hydroxyl groups is 2. The van der Waals surface area contributed by atoms with Crippen LogP contribution in [0.1, 0.15) is 67.1 Å². The zero-order valence-electron chi connectivity index (χ0n) is 21.0. The first-order chi connectivity index (χ1) is 17.8. The first-order valence-corrected chi connectivity index (χ1v) is 12.5. The van der Waals surface area contributed by atoms with Gasteiger partial charge >= 0.3 is 0 Å². The molecule has 2 N–H and O–H groups in total.